The summed E-state index contributed by atoms with van der Waals surface area (Å²) in [6.07, 6.45) is 1.15. The molecule has 0 bridgehead atoms. The molecule has 3 aromatic rings. The van der Waals surface area contributed by atoms with Crippen LogP contribution in [-0.4, -0.2) is 16.1 Å². The van der Waals surface area contributed by atoms with Crippen LogP contribution in [0.1, 0.15) is 10.4 Å². The van der Waals surface area contributed by atoms with Crippen molar-refractivity contribution in [2.45, 2.75) is 0 Å². The second-order valence-electron chi connectivity index (χ2n) is 4.02. The van der Waals surface area contributed by atoms with E-state index in [-0.39, 0.29) is 11.4 Å². The molecule has 0 fully saturated rings. The molecular formula is C14H8FNO3S. The van der Waals surface area contributed by atoms with E-state index in [1.165, 1.54) is 23.5 Å². The van der Waals surface area contributed by atoms with Gasteiger partial charge in [0.25, 0.3) is 0 Å². The van der Waals surface area contributed by atoms with E-state index >= 15 is 0 Å². The van der Waals surface area contributed by atoms with Crippen molar-refractivity contribution in [1.82, 2.24) is 4.98 Å². The minimum Gasteiger partial charge on any atom is -0.478 e. The molecule has 0 aliphatic rings. The maximum atomic E-state index is 13.7. The van der Waals surface area contributed by atoms with Gasteiger partial charge in [0.2, 0.25) is 0 Å². The van der Waals surface area contributed by atoms with E-state index in [2.05, 4.69) is 4.98 Å². The lowest BCUT2D eigenvalue weighted by molar-refractivity contribution is 0.0696. The van der Waals surface area contributed by atoms with Crippen molar-refractivity contribution in [3.8, 4) is 22.0 Å². The molecule has 1 N–H and O–H groups in total. The summed E-state index contributed by atoms with van der Waals surface area (Å²) in [6, 6.07) is 7.74. The third-order valence-corrected chi connectivity index (χ3v) is 3.58. The van der Waals surface area contributed by atoms with Crippen LogP contribution in [-0.2, 0) is 0 Å². The second-order valence-corrected chi connectivity index (χ2v) is 4.88. The second kappa shape index (κ2) is 4.90. The molecule has 4 nitrogen and oxygen atoms in total. The Kier molecular flexibility index (Phi) is 3.08. The number of aromatic nitrogens is 1. The normalized spacial score (nSPS) is 10.7. The van der Waals surface area contributed by atoms with Gasteiger partial charge < -0.3 is 9.52 Å². The highest BCUT2D eigenvalue weighted by molar-refractivity contribution is 7.13. The quantitative estimate of drug-likeness (QED) is 0.794. The zero-order valence-corrected chi connectivity index (χ0v) is 10.9. The average molecular weight is 289 g/mol. The summed E-state index contributed by atoms with van der Waals surface area (Å²) in [5, 5.41) is 11.1. The first kappa shape index (κ1) is 12.6. The fourth-order valence-corrected chi connectivity index (χ4v) is 2.56. The number of benzene rings is 1. The molecule has 1 aromatic carbocycles. The van der Waals surface area contributed by atoms with Crippen LogP contribution in [0, 0.1) is 5.82 Å². The van der Waals surface area contributed by atoms with E-state index in [1.807, 2.05) is 0 Å². The van der Waals surface area contributed by atoms with Crippen LogP contribution in [0.3, 0.4) is 0 Å². The van der Waals surface area contributed by atoms with Crippen LogP contribution in [0.5, 0.6) is 0 Å². The largest absolute Gasteiger partial charge is 0.478 e. The molecule has 2 aromatic heterocycles. The van der Waals surface area contributed by atoms with Crippen molar-refractivity contribution < 1.29 is 18.7 Å². The van der Waals surface area contributed by atoms with Gasteiger partial charge in [0.15, 0.2) is 5.76 Å². The Morgan fingerprint density at radius 3 is 2.85 bits per heavy atom. The van der Waals surface area contributed by atoms with E-state index in [1.54, 1.807) is 23.6 Å². The van der Waals surface area contributed by atoms with E-state index < -0.39 is 5.97 Å². The number of carboxylic acid groups (broad SMARTS) is 1. The van der Waals surface area contributed by atoms with Crippen LogP contribution in [0.4, 0.5) is 4.39 Å². The lowest BCUT2D eigenvalue weighted by atomic mass is 10.2. The first-order chi connectivity index (χ1) is 9.65. The first-order valence-electron chi connectivity index (χ1n) is 5.68. The summed E-state index contributed by atoms with van der Waals surface area (Å²) in [5.41, 5.74) is 0.954. The van der Waals surface area contributed by atoms with Crippen LogP contribution in [0.25, 0.3) is 22.0 Å². The maximum Gasteiger partial charge on any atom is 0.338 e. The Morgan fingerprint density at radius 2 is 2.15 bits per heavy atom. The van der Waals surface area contributed by atoms with Crippen molar-refractivity contribution in [3.05, 3.63) is 53.4 Å². The number of halogens is 1. The lowest BCUT2D eigenvalue weighted by Crippen LogP contribution is -1.91. The minimum atomic E-state index is -1.07. The van der Waals surface area contributed by atoms with Gasteiger partial charge in [0.1, 0.15) is 22.8 Å². The molecule has 0 aliphatic heterocycles. The highest BCUT2D eigenvalue weighted by Crippen LogP contribution is 2.31. The molecule has 0 aliphatic carbocycles. The zero-order chi connectivity index (χ0) is 14.1. The molecule has 0 atom stereocenters. The third-order valence-electron chi connectivity index (χ3n) is 2.71. The standard InChI is InChI=1S/C14H8FNO3S/c15-10-4-2-1-3-9(10)13-16-11(7-20-13)12-5-8(6-19-12)14(17)18/h1-7H,(H,17,18). The van der Waals surface area contributed by atoms with Crippen LogP contribution < -0.4 is 0 Å². The molecule has 20 heavy (non-hydrogen) atoms. The fourth-order valence-electron chi connectivity index (χ4n) is 1.73. The molecule has 0 spiro atoms. The Bertz CT molecular complexity index is 778. The van der Waals surface area contributed by atoms with E-state index in [4.69, 9.17) is 9.52 Å². The summed E-state index contributed by atoms with van der Waals surface area (Å²) in [5.74, 6) is -1.06. The summed E-state index contributed by atoms with van der Waals surface area (Å²) in [7, 11) is 0. The highest BCUT2D eigenvalue weighted by atomic mass is 32.1. The van der Waals surface area contributed by atoms with Crippen molar-refractivity contribution in [2.24, 2.45) is 0 Å². The van der Waals surface area contributed by atoms with Gasteiger partial charge in [-0.25, -0.2) is 14.2 Å². The van der Waals surface area contributed by atoms with Gasteiger partial charge >= 0.3 is 5.97 Å². The number of rotatable bonds is 3. The topological polar surface area (TPSA) is 63.3 Å². The molecule has 100 valence electrons. The molecule has 0 unspecified atom stereocenters. The summed E-state index contributed by atoms with van der Waals surface area (Å²) in [4.78, 5) is 15.1. The number of thiazole rings is 1. The molecule has 0 amide bonds. The maximum absolute atomic E-state index is 13.7. The Morgan fingerprint density at radius 1 is 1.35 bits per heavy atom. The van der Waals surface area contributed by atoms with Gasteiger partial charge in [-0.05, 0) is 12.1 Å². The Balaban J connectivity index is 1.98. The van der Waals surface area contributed by atoms with Gasteiger partial charge in [-0.2, -0.15) is 0 Å². The van der Waals surface area contributed by atoms with E-state index in [0.29, 0.717) is 22.0 Å². The number of furan rings is 1. The molecule has 6 heteroatoms. The summed E-state index contributed by atoms with van der Waals surface area (Å²) in [6.45, 7) is 0. The van der Waals surface area contributed by atoms with Gasteiger partial charge in [-0.15, -0.1) is 11.3 Å². The molecule has 0 radical (unpaired) electrons. The molecular weight excluding hydrogens is 281 g/mol. The smallest absolute Gasteiger partial charge is 0.338 e. The Labute approximate surface area is 117 Å². The monoisotopic (exact) mass is 289 g/mol. The predicted molar refractivity (Wildman–Crippen MR) is 72.2 cm³/mol. The molecule has 2 heterocycles. The minimum absolute atomic E-state index is 0.0560. The van der Waals surface area contributed by atoms with E-state index in [9.17, 15) is 9.18 Å². The molecule has 0 saturated heterocycles. The number of nitrogens with zero attached hydrogens (tertiary/aromatic N) is 1. The zero-order valence-electron chi connectivity index (χ0n) is 10.0. The highest BCUT2D eigenvalue weighted by Gasteiger charge is 2.14. The lowest BCUT2D eigenvalue weighted by Gasteiger charge is -1.96. The van der Waals surface area contributed by atoms with E-state index in [0.717, 1.165) is 6.26 Å². The third kappa shape index (κ3) is 2.21. The number of hydrogen-bond acceptors (Lipinski definition) is 4. The van der Waals surface area contributed by atoms with Crippen molar-refractivity contribution in [2.75, 3.05) is 0 Å². The van der Waals surface area contributed by atoms with Crippen LogP contribution in [0.15, 0.2) is 46.4 Å². The van der Waals surface area contributed by atoms with Gasteiger partial charge in [0, 0.05) is 17.0 Å². The molecule has 3 rings (SSSR count). The fraction of sp³-hybridized carbons (Fsp3) is 0. The summed E-state index contributed by atoms with van der Waals surface area (Å²) < 4.78 is 18.8. The first-order valence-corrected chi connectivity index (χ1v) is 6.56. The average Bonchev–Trinajstić information content (AvgIpc) is 3.08. The van der Waals surface area contributed by atoms with Crippen molar-refractivity contribution >= 4 is 17.3 Å². The van der Waals surface area contributed by atoms with Gasteiger partial charge in [0.05, 0.1) is 5.56 Å². The number of carboxylic acids is 1. The predicted octanol–water partition coefficient (Wildman–Crippen LogP) is 3.91. The number of hydrogen-bond donors (Lipinski definition) is 1. The van der Waals surface area contributed by atoms with Crippen LogP contribution >= 0.6 is 11.3 Å². The van der Waals surface area contributed by atoms with Crippen molar-refractivity contribution in [1.29, 1.82) is 0 Å². The number of carbonyl (C=O) groups is 1. The molecule has 0 saturated carbocycles. The Hall–Kier alpha value is -2.47. The summed E-state index contributed by atoms with van der Waals surface area (Å²) >= 11 is 1.27. The van der Waals surface area contributed by atoms with Crippen molar-refractivity contribution in [3.63, 3.8) is 0 Å². The SMILES string of the molecule is O=C(O)c1coc(-c2csc(-c3ccccc3F)n2)c1. The number of aromatic carboxylic acids is 1. The van der Waals surface area contributed by atoms with Crippen LogP contribution in [0.2, 0.25) is 0 Å². The van der Waals surface area contributed by atoms with Gasteiger partial charge in [-0.1, -0.05) is 12.1 Å². The van der Waals surface area contributed by atoms with Gasteiger partial charge in [-0.3, -0.25) is 0 Å².